The van der Waals surface area contributed by atoms with Gasteiger partial charge < -0.3 is 10.1 Å². The number of ether oxygens (including phenoxy) is 1. The van der Waals surface area contributed by atoms with Gasteiger partial charge in [-0.3, -0.25) is 0 Å². The van der Waals surface area contributed by atoms with E-state index in [2.05, 4.69) is 23.5 Å². The fraction of sp³-hybridized carbons (Fsp3) is 0.250. The third-order valence-corrected chi connectivity index (χ3v) is 3.91. The molecule has 0 bridgehead atoms. The molecule has 1 heterocycles. The van der Waals surface area contributed by atoms with E-state index < -0.39 is 0 Å². The Morgan fingerprint density at radius 1 is 1.15 bits per heavy atom. The Kier molecular flexibility index (Phi) is 6.81. The van der Waals surface area contributed by atoms with E-state index in [1.165, 1.54) is 10.4 Å². The molecule has 0 radical (unpaired) electrons. The highest BCUT2D eigenvalue weighted by atomic mass is 35.5. The number of nitrogens with one attached hydrogen (secondary N) is 1. The molecule has 1 aromatic carbocycles. The SMILES string of the molecule is Clc1ccc(CNCCOCC=Cc2ccccc2)s1. The van der Waals surface area contributed by atoms with Gasteiger partial charge in [0, 0.05) is 18.0 Å². The molecule has 0 aliphatic rings. The predicted octanol–water partition coefficient (Wildman–Crippen LogP) is 4.22. The highest BCUT2D eigenvalue weighted by Gasteiger charge is 1.96. The normalized spacial score (nSPS) is 11.2. The van der Waals surface area contributed by atoms with Crippen molar-refractivity contribution in [1.29, 1.82) is 0 Å². The molecule has 0 saturated heterocycles. The highest BCUT2D eigenvalue weighted by Crippen LogP contribution is 2.20. The molecule has 1 aromatic heterocycles. The van der Waals surface area contributed by atoms with Gasteiger partial charge in [0.15, 0.2) is 0 Å². The molecule has 20 heavy (non-hydrogen) atoms. The number of hydrogen-bond acceptors (Lipinski definition) is 3. The number of halogens is 1. The van der Waals surface area contributed by atoms with Gasteiger partial charge in [0.2, 0.25) is 0 Å². The van der Waals surface area contributed by atoms with Crippen LogP contribution < -0.4 is 5.32 Å². The molecule has 4 heteroatoms. The highest BCUT2D eigenvalue weighted by molar-refractivity contribution is 7.16. The lowest BCUT2D eigenvalue weighted by molar-refractivity contribution is 0.164. The summed E-state index contributed by atoms with van der Waals surface area (Å²) in [7, 11) is 0. The van der Waals surface area contributed by atoms with E-state index in [0.717, 1.165) is 17.4 Å². The van der Waals surface area contributed by atoms with Crippen LogP contribution in [0.25, 0.3) is 6.08 Å². The van der Waals surface area contributed by atoms with Gasteiger partial charge in [-0.25, -0.2) is 0 Å². The molecule has 0 spiro atoms. The molecule has 2 aromatic rings. The number of benzene rings is 1. The standard InChI is InChI=1S/C16H18ClNOS/c17-16-9-8-15(20-16)13-18-10-12-19-11-4-7-14-5-2-1-3-6-14/h1-9,18H,10-13H2. The second-order valence-electron chi connectivity index (χ2n) is 4.27. The zero-order chi connectivity index (χ0) is 14.0. The van der Waals surface area contributed by atoms with Gasteiger partial charge in [-0.15, -0.1) is 11.3 Å². The molecule has 0 amide bonds. The first-order valence-electron chi connectivity index (χ1n) is 6.59. The van der Waals surface area contributed by atoms with Crippen LogP contribution in [0.3, 0.4) is 0 Å². The van der Waals surface area contributed by atoms with Crippen LogP contribution in [-0.2, 0) is 11.3 Å². The summed E-state index contributed by atoms with van der Waals surface area (Å²) in [5.41, 5.74) is 1.20. The van der Waals surface area contributed by atoms with Crippen molar-refractivity contribution >= 4 is 29.0 Å². The molecule has 2 nitrogen and oxygen atoms in total. The average Bonchev–Trinajstić information content (AvgIpc) is 2.88. The summed E-state index contributed by atoms with van der Waals surface area (Å²) >= 11 is 7.47. The molecule has 0 aliphatic carbocycles. The molecule has 0 aliphatic heterocycles. The van der Waals surface area contributed by atoms with Crippen LogP contribution in [0.4, 0.5) is 0 Å². The lowest BCUT2D eigenvalue weighted by atomic mass is 10.2. The number of thiophene rings is 1. The van der Waals surface area contributed by atoms with Gasteiger partial charge in [0.05, 0.1) is 17.6 Å². The van der Waals surface area contributed by atoms with E-state index in [1.54, 1.807) is 11.3 Å². The summed E-state index contributed by atoms with van der Waals surface area (Å²) in [6, 6.07) is 14.2. The maximum absolute atomic E-state index is 5.87. The largest absolute Gasteiger partial charge is 0.376 e. The third kappa shape index (κ3) is 5.88. The van der Waals surface area contributed by atoms with Crippen molar-refractivity contribution in [2.24, 2.45) is 0 Å². The summed E-state index contributed by atoms with van der Waals surface area (Å²) in [5.74, 6) is 0. The van der Waals surface area contributed by atoms with Gasteiger partial charge in [0.25, 0.3) is 0 Å². The predicted molar refractivity (Wildman–Crippen MR) is 87.3 cm³/mol. The van der Waals surface area contributed by atoms with E-state index in [-0.39, 0.29) is 0 Å². The van der Waals surface area contributed by atoms with E-state index >= 15 is 0 Å². The van der Waals surface area contributed by atoms with E-state index in [0.29, 0.717) is 13.2 Å². The lowest BCUT2D eigenvalue weighted by Gasteiger charge is -2.03. The first-order valence-corrected chi connectivity index (χ1v) is 7.78. The van der Waals surface area contributed by atoms with E-state index in [4.69, 9.17) is 16.3 Å². The summed E-state index contributed by atoms with van der Waals surface area (Å²) in [6.07, 6.45) is 4.11. The van der Waals surface area contributed by atoms with Gasteiger partial charge in [-0.2, -0.15) is 0 Å². The van der Waals surface area contributed by atoms with Gasteiger partial charge in [0.1, 0.15) is 0 Å². The van der Waals surface area contributed by atoms with Crippen molar-refractivity contribution in [3.63, 3.8) is 0 Å². The zero-order valence-corrected chi connectivity index (χ0v) is 12.8. The van der Waals surface area contributed by atoms with Crippen LogP contribution in [0.1, 0.15) is 10.4 Å². The molecule has 0 saturated carbocycles. The maximum atomic E-state index is 5.87. The Morgan fingerprint density at radius 3 is 2.75 bits per heavy atom. The van der Waals surface area contributed by atoms with Crippen LogP contribution in [0, 0.1) is 0 Å². The van der Waals surface area contributed by atoms with Crippen LogP contribution in [-0.4, -0.2) is 19.8 Å². The Hall–Kier alpha value is -1.13. The minimum absolute atomic E-state index is 0.640. The molecular weight excluding hydrogens is 290 g/mol. The fourth-order valence-electron chi connectivity index (χ4n) is 1.70. The Balaban J connectivity index is 1.51. The monoisotopic (exact) mass is 307 g/mol. The molecule has 0 atom stereocenters. The van der Waals surface area contributed by atoms with Crippen LogP contribution in [0.2, 0.25) is 4.34 Å². The minimum atomic E-state index is 0.640. The molecule has 2 rings (SSSR count). The van der Waals surface area contributed by atoms with Crippen LogP contribution in [0.15, 0.2) is 48.5 Å². The fourth-order valence-corrected chi connectivity index (χ4v) is 2.76. The van der Waals surface area contributed by atoms with Crippen molar-refractivity contribution in [2.75, 3.05) is 19.8 Å². The molecule has 1 N–H and O–H groups in total. The van der Waals surface area contributed by atoms with Crippen molar-refractivity contribution < 1.29 is 4.74 Å². The minimum Gasteiger partial charge on any atom is -0.376 e. The first-order chi connectivity index (χ1) is 9.84. The maximum Gasteiger partial charge on any atom is 0.0931 e. The summed E-state index contributed by atoms with van der Waals surface area (Å²) in [6.45, 7) is 3.04. The first kappa shape index (κ1) is 15.3. The quantitative estimate of drug-likeness (QED) is 0.737. The third-order valence-electron chi connectivity index (χ3n) is 2.68. The average molecular weight is 308 g/mol. The Morgan fingerprint density at radius 2 is 2.00 bits per heavy atom. The van der Waals surface area contributed by atoms with Crippen LogP contribution >= 0.6 is 22.9 Å². The summed E-state index contributed by atoms with van der Waals surface area (Å²) in [4.78, 5) is 1.25. The molecule has 0 fully saturated rings. The van der Waals surface area contributed by atoms with Gasteiger partial charge in [-0.1, -0.05) is 54.1 Å². The second kappa shape index (κ2) is 8.93. The second-order valence-corrected chi connectivity index (χ2v) is 6.07. The summed E-state index contributed by atoms with van der Waals surface area (Å²) in [5, 5.41) is 3.33. The van der Waals surface area contributed by atoms with Crippen molar-refractivity contribution in [1.82, 2.24) is 5.32 Å². The zero-order valence-electron chi connectivity index (χ0n) is 11.2. The molecule has 106 valence electrons. The van der Waals surface area contributed by atoms with Crippen molar-refractivity contribution in [3.05, 3.63) is 63.3 Å². The van der Waals surface area contributed by atoms with E-state index in [9.17, 15) is 0 Å². The van der Waals surface area contributed by atoms with Gasteiger partial charge >= 0.3 is 0 Å². The molecule has 0 unspecified atom stereocenters. The number of hydrogen-bond donors (Lipinski definition) is 1. The summed E-state index contributed by atoms with van der Waals surface area (Å²) < 4.78 is 6.36. The topological polar surface area (TPSA) is 21.3 Å². The Labute approximate surface area is 129 Å². The smallest absolute Gasteiger partial charge is 0.0931 e. The van der Waals surface area contributed by atoms with Crippen molar-refractivity contribution in [2.45, 2.75) is 6.54 Å². The van der Waals surface area contributed by atoms with Crippen LogP contribution in [0.5, 0.6) is 0 Å². The Bertz CT molecular complexity index is 524. The van der Waals surface area contributed by atoms with Gasteiger partial charge in [-0.05, 0) is 17.7 Å². The molecular formula is C16H18ClNOS. The lowest BCUT2D eigenvalue weighted by Crippen LogP contribution is -2.18. The number of rotatable bonds is 8. The van der Waals surface area contributed by atoms with Crippen molar-refractivity contribution in [3.8, 4) is 0 Å². The van der Waals surface area contributed by atoms with E-state index in [1.807, 2.05) is 36.4 Å².